The summed E-state index contributed by atoms with van der Waals surface area (Å²) in [6, 6.07) is 15.4. The maximum Gasteiger partial charge on any atom is 0.234 e. The fourth-order valence-corrected chi connectivity index (χ4v) is 5.62. The Kier molecular flexibility index (Phi) is 15.7. The molecule has 2 aromatic rings. The molecule has 2 atom stereocenters. The molecule has 0 saturated carbocycles. The number of fused-ring (bicyclic) bond motifs is 1. The zero-order valence-electron chi connectivity index (χ0n) is 23.3. The van der Waals surface area contributed by atoms with Gasteiger partial charge in [-0.3, -0.25) is 14.6 Å². The molecule has 37 heavy (non-hydrogen) atoms. The molecule has 1 N–H and O–H groups in total. The van der Waals surface area contributed by atoms with Gasteiger partial charge in [0.05, 0.1) is 19.8 Å². The summed E-state index contributed by atoms with van der Waals surface area (Å²) in [6.07, 6.45) is 4.48. The van der Waals surface area contributed by atoms with E-state index in [1.807, 2.05) is 0 Å². The molecule has 1 aliphatic heterocycles. The van der Waals surface area contributed by atoms with E-state index in [0.29, 0.717) is 19.0 Å². The van der Waals surface area contributed by atoms with E-state index >= 15 is 0 Å². The number of nitrogens with zero attached hydrogens (tertiary/aromatic N) is 2. The number of unbranched alkanes of at least 4 members (excludes halogenated alkanes) is 1. The molecule has 0 bridgehead atoms. The molecular formula is C30H49Cl2N3O2. The van der Waals surface area contributed by atoms with Crippen molar-refractivity contribution >= 4 is 41.5 Å². The van der Waals surface area contributed by atoms with Crippen molar-refractivity contribution in [1.82, 2.24) is 15.1 Å². The van der Waals surface area contributed by atoms with E-state index in [9.17, 15) is 4.79 Å². The lowest BCUT2D eigenvalue weighted by Gasteiger charge is -2.41. The molecule has 5 nitrogen and oxygen atoms in total. The Bertz CT molecular complexity index is 913. The van der Waals surface area contributed by atoms with Crippen LogP contribution in [-0.2, 0) is 14.9 Å². The van der Waals surface area contributed by atoms with Gasteiger partial charge >= 0.3 is 0 Å². The number of hydrogen-bond acceptors (Lipinski definition) is 4. The largest absolute Gasteiger partial charge is 0.379 e. The van der Waals surface area contributed by atoms with Crippen LogP contribution in [0.25, 0.3) is 10.8 Å². The van der Waals surface area contributed by atoms with Crippen LogP contribution in [-0.4, -0.2) is 74.7 Å². The molecule has 7 heteroatoms. The van der Waals surface area contributed by atoms with Crippen LogP contribution in [0.1, 0.15) is 58.9 Å². The molecule has 1 fully saturated rings. The molecule has 0 aliphatic carbocycles. The Morgan fingerprint density at radius 1 is 1.03 bits per heavy atom. The van der Waals surface area contributed by atoms with Gasteiger partial charge in [-0.05, 0) is 54.7 Å². The molecule has 2 aromatic carbocycles. The normalized spacial score (nSPS) is 16.5. The van der Waals surface area contributed by atoms with Crippen molar-refractivity contribution in [3.05, 3.63) is 48.0 Å². The average molecular weight is 555 g/mol. The van der Waals surface area contributed by atoms with E-state index in [2.05, 4.69) is 85.3 Å². The summed E-state index contributed by atoms with van der Waals surface area (Å²) in [4.78, 5) is 17.7. The third kappa shape index (κ3) is 9.11. The molecule has 3 rings (SSSR count). The number of likely N-dealkylation sites (N-methyl/N-ethyl adjacent to an activating group) is 1. The van der Waals surface area contributed by atoms with Crippen LogP contribution in [0.2, 0.25) is 0 Å². The van der Waals surface area contributed by atoms with Gasteiger partial charge in [-0.25, -0.2) is 0 Å². The van der Waals surface area contributed by atoms with E-state index in [4.69, 9.17) is 4.74 Å². The summed E-state index contributed by atoms with van der Waals surface area (Å²) in [6.45, 7) is 16.8. The molecule has 0 spiro atoms. The second kappa shape index (κ2) is 17.3. The number of ether oxygens (including phenoxy) is 1. The first kappa shape index (κ1) is 33.7. The number of morpholine rings is 1. The predicted molar refractivity (Wildman–Crippen MR) is 161 cm³/mol. The second-order valence-corrected chi connectivity index (χ2v) is 10.1. The third-order valence-corrected chi connectivity index (χ3v) is 8.20. The van der Waals surface area contributed by atoms with Crippen molar-refractivity contribution in [3.63, 3.8) is 0 Å². The van der Waals surface area contributed by atoms with Crippen LogP contribution in [0.4, 0.5) is 0 Å². The number of hydrogen-bond donors (Lipinski definition) is 1. The van der Waals surface area contributed by atoms with Crippen LogP contribution < -0.4 is 5.32 Å². The Morgan fingerprint density at radius 2 is 1.70 bits per heavy atom. The number of nitrogens with one attached hydrogen (secondary N) is 1. The quantitative estimate of drug-likeness (QED) is 0.294. The number of halogens is 2. The van der Waals surface area contributed by atoms with Crippen LogP contribution in [0, 0.1) is 5.92 Å². The number of carbonyl (C=O) groups is 1. The molecule has 210 valence electrons. The van der Waals surface area contributed by atoms with Gasteiger partial charge < -0.3 is 10.1 Å². The molecule has 0 radical (unpaired) electrons. The monoisotopic (exact) mass is 553 g/mol. The Balaban J connectivity index is 0.00000342. The van der Waals surface area contributed by atoms with Gasteiger partial charge in [0.25, 0.3) is 0 Å². The molecule has 2 unspecified atom stereocenters. The van der Waals surface area contributed by atoms with Crippen molar-refractivity contribution < 1.29 is 9.53 Å². The standard InChI is InChI=1S/C30H47N3O2.2ClH/c1-5-25(4)30(24-31-29(34)23-32(6-2)7-3,17-10-11-18-33-19-21-35-22-20-33)28-16-12-14-26-13-8-9-15-27(26)28;;/h8-9,12-16,25H,5-7,10-11,17-24H2,1-4H3,(H,31,34);2*1H. The van der Waals surface area contributed by atoms with E-state index in [1.165, 1.54) is 22.8 Å². The predicted octanol–water partition coefficient (Wildman–Crippen LogP) is 5.93. The molecule has 1 amide bonds. The summed E-state index contributed by atoms with van der Waals surface area (Å²) >= 11 is 0. The Morgan fingerprint density at radius 3 is 2.38 bits per heavy atom. The fourth-order valence-electron chi connectivity index (χ4n) is 5.62. The first-order valence-corrected chi connectivity index (χ1v) is 13.8. The SMILES string of the molecule is CCC(C)C(CCCCN1CCOCC1)(CNC(=O)CN(CC)CC)c1cccc2ccccc12.Cl.Cl. The van der Waals surface area contributed by atoms with Crippen molar-refractivity contribution in [1.29, 1.82) is 0 Å². The number of carbonyl (C=O) groups excluding carboxylic acids is 1. The van der Waals surface area contributed by atoms with Gasteiger partial charge in [0.15, 0.2) is 0 Å². The maximum absolute atomic E-state index is 13.0. The highest BCUT2D eigenvalue weighted by atomic mass is 35.5. The van der Waals surface area contributed by atoms with Crippen molar-refractivity contribution in [2.75, 3.05) is 59.0 Å². The van der Waals surface area contributed by atoms with E-state index in [1.54, 1.807) is 0 Å². The highest BCUT2D eigenvalue weighted by Gasteiger charge is 2.38. The fraction of sp³-hybridized carbons (Fsp3) is 0.633. The maximum atomic E-state index is 13.0. The Hall–Kier alpha value is -1.37. The Labute approximate surface area is 237 Å². The van der Waals surface area contributed by atoms with Gasteiger partial charge in [0, 0.05) is 25.0 Å². The summed E-state index contributed by atoms with van der Waals surface area (Å²) in [5, 5.41) is 5.98. The summed E-state index contributed by atoms with van der Waals surface area (Å²) in [5.74, 6) is 0.584. The van der Waals surface area contributed by atoms with E-state index in [-0.39, 0.29) is 36.1 Å². The van der Waals surface area contributed by atoms with Gasteiger partial charge in [0.1, 0.15) is 0 Å². The van der Waals surface area contributed by atoms with Crippen LogP contribution in [0.15, 0.2) is 42.5 Å². The highest BCUT2D eigenvalue weighted by molar-refractivity contribution is 5.87. The van der Waals surface area contributed by atoms with Gasteiger partial charge in [-0.2, -0.15) is 0 Å². The van der Waals surface area contributed by atoms with Crippen LogP contribution in [0.5, 0.6) is 0 Å². The lowest BCUT2D eigenvalue weighted by molar-refractivity contribution is -0.122. The zero-order chi connectivity index (χ0) is 25.1. The number of benzene rings is 2. The van der Waals surface area contributed by atoms with Gasteiger partial charge in [-0.1, -0.05) is 83.0 Å². The molecule has 1 saturated heterocycles. The topological polar surface area (TPSA) is 44.8 Å². The van der Waals surface area contributed by atoms with Crippen LogP contribution in [0.3, 0.4) is 0 Å². The van der Waals surface area contributed by atoms with Crippen molar-refractivity contribution in [2.45, 2.75) is 58.8 Å². The highest BCUT2D eigenvalue weighted by Crippen LogP contribution is 2.42. The van der Waals surface area contributed by atoms with E-state index in [0.717, 1.165) is 65.2 Å². The number of rotatable bonds is 14. The summed E-state index contributed by atoms with van der Waals surface area (Å²) in [7, 11) is 0. The van der Waals surface area contributed by atoms with Gasteiger partial charge in [0.2, 0.25) is 5.91 Å². The molecule has 1 heterocycles. The average Bonchev–Trinajstić information content (AvgIpc) is 2.91. The summed E-state index contributed by atoms with van der Waals surface area (Å²) in [5.41, 5.74) is 1.29. The van der Waals surface area contributed by atoms with E-state index < -0.39 is 0 Å². The molecular weight excluding hydrogens is 505 g/mol. The second-order valence-electron chi connectivity index (χ2n) is 10.1. The lowest BCUT2D eigenvalue weighted by Crippen LogP contribution is -2.48. The minimum atomic E-state index is -0.0977. The van der Waals surface area contributed by atoms with Crippen LogP contribution >= 0.6 is 24.8 Å². The number of amides is 1. The molecule has 0 aromatic heterocycles. The molecule has 1 aliphatic rings. The lowest BCUT2D eigenvalue weighted by atomic mass is 9.65. The summed E-state index contributed by atoms with van der Waals surface area (Å²) < 4.78 is 5.52. The minimum absolute atomic E-state index is 0. The first-order valence-electron chi connectivity index (χ1n) is 13.8. The smallest absolute Gasteiger partial charge is 0.234 e. The first-order chi connectivity index (χ1) is 17.0. The third-order valence-electron chi connectivity index (χ3n) is 8.20. The van der Waals surface area contributed by atoms with Gasteiger partial charge in [-0.15, -0.1) is 24.8 Å². The minimum Gasteiger partial charge on any atom is -0.379 e. The van der Waals surface area contributed by atoms with Crippen molar-refractivity contribution in [3.8, 4) is 0 Å². The zero-order valence-corrected chi connectivity index (χ0v) is 25.0. The van der Waals surface area contributed by atoms with Crippen molar-refractivity contribution in [2.24, 2.45) is 5.92 Å².